The number of nitro benzene ring substituents is 1. The third-order valence-corrected chi connectivity index (χ3v) is 3.94. The van der Waals surface area contributed by atoms with Gasteiger partial charge in [-0.25, -0.2) is 4.98 Å². The highest BCUT2D eigenvalue weighted by atomic mass is 16.6. The molecule has 0 N–H and O–H groups in total. The van der Waals surface area contributed by atoms with E-state index in [1.54, 1.807) is 31.8 Å². The molecule has 0 amide bonds. The van der Waals surface area contributed by atoms with Gasteiger partial charge in [0.25, 0.3) is 5.69 Å². The van der Waals surface area contributed by atoms with Gasteiger partial charge in [-0.2, -0.15) is 0 Å². The quantitative estimate of drug-likeness (QED) is 0.513. The Morgan fingerprint density at radius 3 is 2.67 bits per heavy atom. The minimum Gasteiger partial charge on any atom is -0.497 e. The molecular weight excluding hydrogens is 306 g/mol. The molecule has 0 fully saturated rings. The summed E-state index contributed by atoms with van der Waals surface area (Å²) in [7, 11) is 1.63. The molecule has 2 aromatic carbocycles. The summed E-state index contributed by atoms with van der Waals surface area (Å²) in [6.45, 7) is 0. The molecule has 0 spiro atoms. The van der Waals surface area contributed by atoms with Gasteiger partial charge in [-0.1, -0.05) is 24.3 Å². The van der Waals surface area contributed by atoms with E-state index < -0.39 is 0 Å². The molecule has 24 heavy (non-hydrogen) atoms. The Labute approximate surface area is 139 Å². The summed E-state index contributed by atoms with van der Waals surface area (Å²) in [5, 5.41) is 11.0. The first kappa shape index (κ1) is 15.7. The molecule has 0 saturated heterocycles. The van der Waals surface area contributed by atoms with Crippen molar-refractivity contribution in [3.63, 3.8) is 0 Å². The van der Waals surface area contributed by atoms with E-state index in [9.17, 15) is 10.1 Å². The van der Waals surface area contributed by atoms with Gasteiger partial charge in [-0.15, -0.1) is 0 Å². The summed E-state index contributed by atoms with van der Waals surface area (Å²) in [6.07, 6.45) is 6.01. The van der Waals surface area contributed by atoms with Crippen LogP contribution in [0.4, 0.5) is 5.69 Å². The van der Waals surface area contributed by atoms with Gasteiger partial charge < -0.3 is 9.30 Å². The third-order valence-electron chi connectivity index (χ3n) is 3.94. The number of non-ortho nitro benzene ring substituents is 1. The third kappa shape index (κ3) is 3.43. The first-order valence-electron chi connectivity index (χ1n) is 7.52. The number of hydrogen-bond acceptors (Lipinski definition) is 4. The van der Waals surface area contributed by atoms with E-state index in [2.05, 4.69) is 4.98 Å². The van der Waals surface area contributed by atoms with Crippen molar-refractivity contribution in [3.8, 4) is 5.75 Å². The SMILES string of the molecule is COc1ccc(C(Cc2cccc([N+](=O)[O-])c2)n2ccnc2)cc1. The second kappa shape index (κ2) is 6.95. The predicted octanol–water partition coefficient (Wildman–Crippen LogP) is 3.63. The first-order valence-corrected chi connectivity index (χ1v) is 7.52. The summed E-state index contributed by atoms with van der Waals surface area (Å²) >= 11 is 0. The fraction of sp³-hybridized carbons (Fsp3) is 0.167. The zero-order chi connectivity index (χ0) is 16.9. The summed E-state index contributed by atoms with van der Waals surface area (Å²) in [4.78, 5) is 14.7. The van der Waals surface area contributed by atoms with Crippen LogP contribution >= 0.6 is 0 Å². The van der Waals surface area contributed by atoms with Crippen LogP contribution in [0.15, 0.2) is 67.3 Å². The zero-order valence-corrected chi connectivity index (χ0v) is 13.2. The molecule has 1 atom stereocenters. The van der Waals surface area contributed by atoms with Gasteiger partial charge in [0.2, 0.25) is 0 Å². The molecule has 0 aliphatic heterocycles. The standard InChI is InChI=1S/C18H17N3O3/c1-24-17-7-5-15(6-8-17)18(20-10-9-19-13-20)12-14-3-2-4-16(11-14)21(22)23/h2-11,13,18H,12H2,1H3. The number of nitrogens with zero attached hydrogens (tertiary/aromatic N) is 3. The van der Waals surface area contributed by atoms with E-state index in [1.165, 1.54) is 6.07 Å². The maximum atomic E-state index is 11.0. The van der Waals surface area contributed by atoms with E-state index in [0.29, 0.717) is 6.42 Å². The number of hydrogen-bond donors (Lipinski definition) is 0. The number of imidazole rings is 1. The number of rotatable bonds is 6. The summed E-state index contributed by atoms with van der Waals surface area (Å²) in [5.41, 5.74) is 2.09. The van der Waals surface area contributed by atoms with E-state index in [-0.39, 0.29) is 16.7 Å². The van der Waals surface area contributed by atoms with Crippen LogP contribution in [0.2, 0.25) is 0 Å². The topological polar surface area (TPSA) is 70.2 Å². The second-order valence-corrected chi connectivity index (χ2v) is 5.43. The second-order valence-electron chi connectivity index (χ2n) is 5.43. The van der Waals surface area contributed by atoms with Crippen molar-refractivity contribution in [2.45, 2.75) is 12.5 Å². The van der Waals surface area contributed by atoms with Gasteiger partial charge in [0.05, 0.1) is 24.4 Å². The number of methoxy groups -OCH3 is 1. The Hall–Kier alpha value is -3.15. The molecule has 6 nitrogen and oxygen atoms in total. The molecule has 0 aliphatic carbocycles. The summed E-state index contributed by atoms with van der Waals surface area (Å²) in [5.74, 6) is 0.790. The fourth-order valence-corrected chi connectivity index (χ4v) is 2.70. The molecule has 1 aromatic heterocycles. The Balaban J connectivity index is 1.93. The fourth-order valence-electron chi connectivity index (χ4n) is 2.70. The van der Waals surface area contributed by atoms with Crippen molar-refractivity contribution in [2.24, 2.45) is 0 Å². The smallest absolute Gasteiger partial charge is 0.269 e. The van der Waals surface area contributed by atoms with E-state index in [1.807, 2.05) is 41.1 Å². The molecule has 6 heteroatoms. The number of ether oxygens (including phenoxy) is 1. The first-order chi connectivity index (χ1) is 11.7. The maximum Gasteiger partial charge on any atom is 0.269 e. The molecule has 0 bridgehead atoms. The van der Waals surface area contributed by atoms with Gasteiger partial charge in [0, 0.05) is 24.5 Å². The van der Waals surface area contributed by atoms with Gasteiger partial charge in [0.15, 0.2) is 0 Å². The summed E-state index contributed by atoms with van der Waals surface area (Å²) in [6, 6.07) is 14.6. The molecule has 122 valence electrons. The minimum atomic E-state index is -0.372. The minimum absolute atomic E-state index is 0.000380. The molecule has 3 rings (SSSR count). The lowest BCUT2D eigenvalue weighted by molar-refractivity contribution is -0.384. The van der Waals surface area contributed by atoms with Gasteiger partial charge in [-0.3, -0.25) is 10.1 Å². The van der Waals surface area contributed by atoms with Crippen LogP contribution in [-0.4, -0.2) is 21.6 Å². The summed E-state index contributed by atoms with van der Waals surface area (Å²) < 4.78 is 7.21. The maximum absolute atomic E-state index is 11.0. The molecule has 0 saturated carbocycles. The molecule has 3 aromatic rings. The van der Waals surface area contributed by atoms with E-state index >= 15 is 0 Å². The van der Waals surface area contributed by atoms with Crippen molar-refractivity contribution >= 4 is 5.69 Å². The Morgan fingerprint density at radius 1 is 1.25 bits per heavy atom. The normalized spacial score (nSPS) is 11.9. The van der Waals surface area contributed by atoms with Crippen LogP contribution in [0.3, 0.4) is 0 Å². The Bertz CT molecular complexity index is 814. The largest absolute Gasteiger partial charge is 0.497 e. The van der Waals surface area contributed by atoms with Gasteiger partial charge >= 0.3 is 0 Å². The number of aromatic nitrogens is 2. The van der Waals surface area contributed by atoms with Crippen molar-refractivity contribution in [1.29, 1.82) is 0 Å². The molecule has 0 radical (unpaired) electrons. The highest BCUT2D eigenvalue weighted by Gasteiger charge is 2.16. The van der Waals surface area contributed by atoms with Gasteiger partial charge in [0.1, 0.15) is 5.75 Å². The average molecular weight is 323 g/mol. The molecular formula is C18H17N3O3. The van der Waals surface area contributed by atoms with Crippen LogP contribution < -0.4 is 4.74 Å². The average Bonchev–Trinajstić information content (AvgIpc) is 3.14. The van der Waals surface area contributed by atoms with Crippen molar-refractivity contribution < 1.29 is 9.66 Å². The number of benzene rings is 2. The lowest BCUT2D eigenvalue weighted by atomic mass is 9.98. The predicted molar refractivity (Wildman–Crippen MR) is 90.2 cm³/mol. The van der Waals surface area contributed by atoms with Crippen molar-refractivity contribution in [3.05, 3.63) is 88.5 Å². The lowest BCUT2D eigenvalue weighted by Crippen LogP contribution is -2.12. The highest BCUT2D eigenvalue weighted by molar-refractivity contribution is 5.36. The Morgan fingerprint density at radius 2 is 2.04 bits per heavy atom. The lowest BCUT2D eigenvalue weighted by Gasteiger charge is -2.19. The molecule has 1 heterocycles. The zero-order valence-electron chi connectivity index (χ0n) is 13.2. The van der Waals surface area contributed by atoms with Crippen LogP contribution in [0, 0.1) is 10.1 Å². The van der Waals surface area contributed by atoms with E-state index in [0.717, 1.165) is 16.9 Å². The number of nitro groups is 1. The van der Waals surface area contributed by atoms with Crippen molar-refractivity contribution in [1.82, 2.24) is 9.55 Å². The molecule has 0 aliphatic rings. The monoisotopic (exact) mass is 323 g/mol. The van der Waals surface area contributed by atoms with Crippen LogP contribution in [-0.2, 0) is 6.42 Å². The van der Waals surface area contributed by atoms with Crippen LogP contribution in [0.25, 0.3) is 0 Å². The highest BCUT2D eigenvalue weighted by Crippen LogP contribution is 2.26. The molecule has 1 unspecified atom stereocenters. The Kier molecular flexibility index (Phi) is 4.56. The van der Waals surface area contributed by atoms with Gasteiger partial charge in [-0.05, 0) is 29.7 Å². The van der Waals surface area contributed by atoms with E-state index in [4.69, 9.17) is 4.74 Å². The van der Waals surface area contributed by atoms with Crippen molar-refractivity contribution in [2.75, 3.05) is 7.11 Å². The van der Waals surface area contributed by atoms with Crippen LogP contribution in [0.5, 0.6) is 5.75 Å². The van der Waals surface area contributed by atoms with Crippen LogP contribution in [0.1, 0.15) is 17.2 Å².